The van der Waals surface area contributed by atoms with Crippen molar-refractivity contribution in [2.45, 2.75) is 16.2 Å². The van der Waals surface area contributed by atoms with E-state index in [-0.39, 0.29) is 27.1 Å². The van der Waals surface area contributed by atoms with Crippen molar-refractivity contribution in [3.63, 3.8) is 0 Å². The second kappa shape index (κ2) is 5.74. The lowest BCUT2D eigenvalue weighted by molar-refractivity contribution is 0.0794. The van der Waals surface area contributed by atoms with Crippen molar-refractivity contribution in [1.82, 2.24) is 0 Å². The number of thioether (sulfide) groups is 1. The first kappa shape index (κ1) is 16.2. The number of halogens is 4. The Balaban J connectivity index is 2.00. The first-order chi connectivity index (χ1) is 10.8. The zero-order valence-electron chi connectivity index (χ0n) is 11.3. The smallest absolute Gasteiger partial charge is 0.317 e. The fourth-order valence-corrected chi connectivity index (χ4v) is 4.02. The van der Waals surface area contributed by atoms with Gasteiger partial charge in [-0.2, -0.15) is 14.0 Å². The number of hydrogen-bond acceptors (Lipinski definition) is 4. The fourth-order valence-electron chi connectivity index (χ4n) is 2.20. The molecule has 0 saturated carbocycles. The quantitative estimate of drug-likeness (QED) is 0.774. The Bertz CT molecular complexity index is 838. The molecule has 1 atom stereocenters. The van der Waals surface area contributed by atoms with Gasteiger partial charge in [-0.15, -0.1) is 0 Å². The van der Waals surface area contributed by atoms with Crippen LogP contribution < -0.4 is 10.5 Å². The summed E-state index contributed by atoms with van der Waals surface area (Å²) in [5.41, 5.74) is 5.94. The SMILES string of the molecule is N#Cc1cc(F)cc(Oc2ccc3c(c2Br)C(N)C(F)(F)S3)c1. The highest BCUT2D eigenvalue weighted by Gasteiger charge is 2.48. The number of alkyl halides is 2. The molecule has 0 amide bonds. The van der Waals surface area contributed by atoms with Gasteiger partial charge in [-0.1, -0.05) is 0 Å². The Morgan fingerprint density at radius 2 is 2.04 bits per heavy atom. The molecular weight excluding hydrogens is 393 g/mol. The average Bonchev–Trinajstić information content (AvgIpc) is 2.72. The molecule has 1 aliphatic rings. The van der Waals surface area contributed by atoms with Gasteiger partial charge in [0.1, 0.15) is 23.4 Å². The summed E-state index contributed by atoms with van der Waals surface area (Å²) in [6.07, 6.45) is 0. The van der Waals surface area contributed by atoms with Gasteiger partial charge in [0, 0.05) is 16.5 Å². The Labute approximate surface area is 142 Å². The van der Waals surface area contributed by atoms with Crippen molar-refractivity contribution in [3.05, 3.63) is 51.7 Å². The molecule has 0 fully saturated rings. The van der Waals surface area contributed by atoms with E-state index in [1.54, 1.807) is 0 Å². The highest BCUT2D eigenvalue weighted by Crippen LogP contribution is 2.56. The number of ether oxygens (including phenoxy) is 1. The van der Waals surface area contributed by atoms with Crippen LogP contribution >= 0.6 is 27.7 Å². The van der Waals surface area contributed by atoms with E-state index in [0.717, 1.165) is 12.1 Å². The van der Waals surface area contributed by atoms with Crippen LogP contribution in [0.15, 0.2) is 39.7 Å². The molecule has 2 N–H and O–H groups in total. The molecule has 3 nitrogen and oxygen atoms in total. The summed E-state index contributed by atoms with van der Waals surface area (Å²) in [6, 6.07) is 6.83. The summed E-state index contributed by atoms with van der Waals surface area (Å²) in [5.74, 6) is -0.324. The van der Waals surface area contributed by atoms with Crippen LogP contribution in [0.25, 0.3) is 0 Å². The summed E-state index contributed by atoms with van der Waals surface area (Å²) in [7, 11) is 0. The molecule has 0 saturated heterocycles. The average molecular weight is 401 g/mol. The molecule has 23 heavy (non-hydrogen) atoms. The van der Waals surface area contributed by atoms with Crippen molar-refractivity contribution in [2.24, 2.45) is 5.73 Å². The maximum absolute atomic E-state index is 13.7. The lowest BCUT2D eigenvalue weighted by atomic mass is 10.1. The number of nitrogens with zero attached hydrogens (tertiary/aromatic N) is 1. The Hall–Kier alpha value is -1.69. The molecule has 1 aliphatic heterocycles. The van der Waals surface area contributed by atoms with E-state index in [0.29, 0.717) is 16.7 Å². The summed E-state index contributed by atoms with van der Waals surface area (Å²) in [4.78, 5) is 0.360. The number of rotatable bonds is 2. The molecule has 2 aromatic rings. The molecule has 0 bridgehead atoms. The molecule has 1 heterocycles. The topological polar surface area (TPSA) is 59.0 Å². The summed E-state index contributed by atoms with van der Waals surface area (Å²) in [6.45, 7) is 0. The maximum Gasteiger partial charge on any atom is 0.317 e. The van der Waals surface area contributed by atoms with Crippen LogP contribution in [-0.2, 0) is 0 Å². The third kappa shape index (κ3) is 2.92. The molecule has 2 aromatic carbocycles. The Kier molecular flexibility index (Phi) is 4.04. The molecule has 0 radical (unpaired) electrons. The second-order valence-electron chi connectivity index (χ2n) is 4.82. The van der Waals surface area contributed by atoms with Crippen molar-refractivity contribution < 1.29 is 17.9 Å². The van der Waals surface area contributed by atoms with E-state index in [9.17, 15) is 13.2 Å². The zero-order chi connectivity index (χ0) is 16.8. The first-order valence-electron chi connectivity index (χ1n) is 6.35. The summed E-state index contributed by atoms with van der Waals surface area (Å²) >= 11 is 3.62. The van der Waals surface area contributed by atoms with Gasteiger partial charge in [-0.3, -0.25) is 0 Å². The third-order valence-corrected chi connectivity index (χ3v) is 5.17. The van der Waals surface area contributed by atoms with Gasteiger partial charge in [0.05, 0.1) is 16.1 Å². The third-order valence-electron chi connectivity index (χ3n) is 3.25. The van der Waals surface area contributed by atoms with Crippen molar-refractivity contribution >= 4 is 27.7 Å². The summed E-state index contributed by atoms with van der Waals surface area (Å²) < 4.78 is 46.7. The van der Waals surface area contributed by atoms with Gasteiger partial charge in [0.15, 0.2) is 0 Å². The Morgan fingerprint density at radius 3 is 2.74 bits per heavy atom. The molecule has 0 aromatic heterocycles. The molecule has 8 heteroatoms. The predicted octanol–water partition coefficient (Wildman–Crippen LogP) is 4.95. The van der Waals surface area contributed by atoms with Crippen molar-refractivity contribution in [2.75, 3.05) is 0 Å². The van der Waals surface area contributed by atoms with Crippen LogP contribution in [0.3, 0.4) is 0 Å². The molecule has 1 unspecified atom stereocenters. The van der Waals surface area contributed by atoms with Crippen molar-refractivity contribution in [3.8, 4) is 17.6 Å². The summed E-state index contributed by atoms with van der Waals surface area (Å²) in [5, 5.41) is 5.74. The van der Waals surface area contributed by atoms with Gasteiger partial charge >= 0.3 is 5.25 Å². The van der Waals surface area contributed by atoms with Crippen LogP contribution in [0.5, 0.6) is 11.5 Å². The highest BCUT2D eigenvalue weighted by molar-refractivity contribution is 9.10. The van der Waals surface area contributed by atoms with Gasteiger partial charge in [0.25, 0.3) is 0 Å². The lowest BCUT2D eigenvalue weighted by Crippen LogP contribution is -2.25. The number of benzene rings is 2. The van der Waals surface area contributed by atoms with Gasteiger partial charge in [0.2, 0.25) is 0 Å². The fraction of sp³-hybridized carbons (Fsp3) is 0.133. The standard InChI is InChI=1S/C15H8BrF3N2OS/c16-13-10(22-9-4-7(6-20)3-8(17)5-9)1-2-11-12(13)14(21)15(18,19)23-11/h1-5,14H,21H2. The number of fused-ring (bicyclic) bond motifs is 1. The van der Waals surface area contributed by atoms with Crippen molar-refractivity contribution in [1.29, 1.82) is 5.26 Å². The van der Waals surface area contributed by atoms with Gasteiger partial charge in [-0.05, 0) is 52.0 Å². The number of hydrogen-bond donors (Lipinski definition) is 1. The normalized spacial score (nSPS) is 18.3. The van der Waals surface area contributed by atoms with Crippen LogP contribution in [0.4, 0.5) is 13.2 Å². The second-order valence-corrected chi connectivity index (χ2v) is 6.80. The van der Waals surface area contributed by atoms with Crippen LogP contribution in [-0.4, -0.2) is 5.25 Å². The van der Waals surface area contributed by atoms with E-state index < -0.39 is 17.1 Å². The molecular formula is C15H8BrF3N2OS. The Morgan fingerprint density at radius 1 is 1.30 bits per heavy atom. The lowest BCUT2D eigenvalue weighted by Gasteiger charge is -2.15. The van der Waals surface area contributed by atoms with Gasteiger partial charge in [-0.25, -0.2) is 4.39 Å². The largest absolute Gasteiger partial charge is 0.456 e. The van der Waals surface area contributed by atoms with Crippen LogP contribution in [0.2, 0.25) is 0 Å². The minimum absolute atomic E-state index is 0.0909. The molecule has 0 aliphatic carbocycles. The van der Waals surface area contributed by atoms with E-state index in [1.165, 1.54) is 18.2 Å². The number of nitrogens with two attached hydrogens (primary N) is 1. The number of nitriles is 1. The van der Waals surface area contributed by atoms with Crippen LogP contribution in [0, 0.1) is 17.1 Å². The van der Waals surface area contributed by atoms with Crippen LogP contribution in [0.1, 0.15) is 17.2 Å². The van der Waals surface area contributed by atoms with Gasteiger partial charge < -0.3 is 10.5 Å². The highest BCUT2D eigenvalue weighted by atomic mass is 79.9. The molecule has 3 rings (SSSR count). The van der Waals surface area contributed by atoms with E-state index in [2.05, 4.69) is 15.9 Å². The van der Waals surface area contributed by atoms with E-state index >= 15 is 0 Å². The first-order valence-corrected chi connectivity index (χ1v) is 7.96. The molecule has 118 valence electrons. The zero-order valence-corrected chi connectivity index (χ0v) is 13.7. The molecule has 0 spiro atoms. The predicted molar refractivity (Wildman–Crippen MR) is 83.1 cm³/mol. The van der Waals surface area contributed by atoms with E-state index in [1.807, 2.05) is 6.07 Å². The minimum atomic E-state index is -3.10. The monoisotopic (exact) mass is 400 g/mol. The van der Waals surface area contributed by atoms with E-state index in [4.69, 9.17) is 15.7 Å². The maximum atomic E-state index is 13.7. The minimum Gasteiger partial charge on any atom is -0.456 e.